The van der Waals surface area contributed by atoms with Crippen LogP contribution in [0.5, 0.6) is 0 Å². The van der Waals surface area contributed by atoms with Gasteiger partial charge in [-0.15, -0.1) is 24.8 Å². The summed E-state index contributed by atoms with van der Waals surface area (Å²) < 4.78 is 0. The molecule has 3 nitrogen and oxygen atoms in total. The lowest BCUT2D eigenvalue weighted by atomic mass is 9.83. The molecule has 1 aliphatic heterocycles. The Labute approximate surface area is 116 Å². The van der Waals surface area contributed by atoms with E-state index in [9.17, 15) is 0 Å². The van der Waals surface area contributed by atoms with Crippen molar-refractivity contribution in [1.82, 2.24) is 4.98 Å². The van der Waals surface area contributed by atoms with Gasteiger partial charge in [0.05, 0.1) is 11.9 Å². The van der Waals surface area contributed by atoms with Crippen LogP contribution >= 0.6 is 24.8 Å². The van der Waals surface area contributed by atoms with Gasteiger partial charge in [0, 0.05) is 13.1 Å². The molecule has 0 aliphatic carbocycles. The molecule has 98 valence electrons. The van der Waals surface area contributed by atoms with Crippen molar-refractivity contribution in [2.24, 2.45) is 5.41 Å². The Hall–Kier alpha value is -0.670. The average molecular weight is 278 g/mol. The van der Waals surface area contributed by atoms with Gasteiger partial charge in [-0.2, -0.15) is 0 Å². The SMILES string of the molecule is CC1(C)CCN(c2ccc(N)cn2)CC1.Cl.Cl. The molecule has 1 saturated heterocycles. The van der Waals surface area contributed by atoms with E-state index in [1.54, 1.807) is 6.20 Å². The van der Waals surface area contributed by atoms with Crippen molar-refractivity contribution in [3.63, 3.8) is 0 Å². The van der Waals surface area contributed by atoms with Gasteiger partial charge in [-0.05, 0) is 30.4 Å². The van der Waals surface area contributed by atoms with Crippen LogP contribution in [0.1, 0.15) is 26.7 Å². The zero-order valence-corrected chi connectivity index (χ0v) is 12.0. The first-order valence-electron chi connectivity index (χ1n) is 5.53. The number of nitrogens with two attached hydrogens (primary N) is 1. The van der Waals surface area contributed by atoms with E-state index in [1.165, 1.54) is 12.8 Å². The third-order valence-electron chi connectivity index (χ3n) is 3.21. The maximum absolute atomic E-state index is 5.62. The van der Waals surface area contributed by atoms with Crippen molar-refractivity contribution >= 4 is 36.3 Å². The molecule has 0 bridgehead atoms. The lowest BCUT2D eigenvalue weighted by molar-refractivity contribution is 0.279. The molecule has 1 aromatic heterocycles. The van der Waals surface area contributed by atoms with Gasteiger partial charge in [-0.1, -0.05) is 13.8 Å². The minimum Gasteiger partial charge on any atom is -0.397 e. The summed E-state index contributed by atoms with van der Waals surface area (Å²) in [6.07, 6.45) is 4.20. The molecule has 1 fully saturated rings. The summed E-state index contributed by atoms with van der Waals surface area (Å²) in [5.41, 5.74) is 6.84. The van der Waals surface area contributed by atoms with Gasteiger partial charge in [0.15, 0.2) is 0 Å². The maximum Gasteiger partial charge on any atom is 0.128 e. The smallest absolute Gasteiger partial charge is 0.128 e. The molecule has 17 heavy (non-hydrogen) atoms. The Morgan fingerprint density at radius 1 is 1.18 bits per heavy atom. The van der Waals surface area contributed by atoms with Crippen LogP contribution in [0.25, 0.3) is 0 Å². The van der Waals surface area contributed by atoms with Crippen molar-refractivity contribution in [2.45, 2.75) is 26.7 Å². The molecule has 0 amide bonds. The van der Waals surface area contributed by atoms with Crippen molar-refractivity contribution in [1.29, 1.82) is 0 Å². The summed E-state index contributed by atoms with van der Waals surface area (Å²) in [5, 5.41) is 0. The number of piperidine rings is 1. The Balaban J connectivity index is 0.00000128. The van der Waals surface area contributed by atoms with Crippen LogP contribution in [-0.2, 0) is 0 Å². The summed E-state index contributed by atoms with van der Waals surface area (Å²) in [6, 6.07) is 3.93. The van der Waals surface area contributed by atoms with Gasteiger partial charge in [-0.25, -0.2) is 4.98 Å². The molecule has 0 saturated carbocycles. The van der Waals surface area contributed by atoms with E-state index >= 15 is 0 Å². The number of hydrogen-bond acceptors (Lipinski definition) is 3. The topological polar surface area (TPSA) is 42.1 Å². The third kappa shape index (κ3) is 4.25. The predicted molar refractivity (Wildman–Crippen MR) is 78.4 cm³/mol. The molecule has 1 aromatic rings. The number of anilines is 2. The van der Waals surface area contributed by atoms with E-state index in [0.717, 1.165) is 24.6 Å². The van der Waals surface area contributed by atoms with Crippen LogP contribution < -0.4 is 10.6 Å². The highest BCUT2D eigenvalue weighted by Gasteiger charge is 2.25. The molecule has 0 atom stereocenters. The number of aromatic nitrogens is 1. The number of pyridine rings is 1. The molecule has 0 unspecified atom stereocenters. The number of halogens is 2. The number of nitrogen functional groups attached to an aromatic ring is 1. The van der Waals surface area contributed by atoms with E-state index in [2.05, 4.69) is 23.7 Å². The molecule has 1 aliphatic rings. The number of rotatable bonds is 1. The zero-order chi connectivity index (χ0) is 10.9. The first-order chi connectivity index (χ1) is 7.07. The molecular formula is C12H21Cl2N3. The minimum atomic E-state index is 0. The van der Waals surface area contributed by atoms with Crippen LogP contribution in [-0.4, -0.2) is 18.1 Å². The van der Waals surface area contributed by atoms with Crippen LogP contribution in [0.2, 0.25) is 0 Å². The van der Waals surface area contributed by atoms with E-state index in [1.807, 2.05) is 12.1 Å². The van der Waals surface area contributed by atoms with E-state index < -0.39 is 0 Å². The van der Waals surface area contributed by atoms with Gasteiger partial charge >= 0.3 is 0 Å². The Morgan fingerprint density at radius 3 is 2.24 bits per heavy atom. The molecule has 2 rings (SSSR count). The van der Waals surface area contributed by atoms with Crippen molar-refractivity contribution in [2.75, 3.05) is 23.7 Å². The average Bonchev–Trinajstić information content (AvgIpc) is 2.20. The summed E-state index contributed by atoms with van der Waals surface area (Å²) in [6.45, 7) is 6.87. The molecule has 2 heterocycles. The molecule has 0 radical (unpaired) electrons. The molecular weight excluding hydrogens is 257 g/mol. The van der Waals surface area contributed by atoms with Crippen molar-refractivity contribution in [3.8, 4) is 0 Å². The molecule has 0 aromatic carbocycles. The summed E-state index contributed by atoms with van der Waals surface area (Å²) in [4.78, 5) is 6.69. The first-order valence-corrected chi connectivity index (χ1v) is 5.53. The van der Waals surface area contributed by atoms with Crippen LogP contribution in [0, 0.1) is 5.41 Å². The lowest BCUT2D eigenvalue weighted by Crippen LogP contribution is -2.37. The third-order valence-corrected chi connectivity index (χ3v) is 3.21. The van der Waals surface area contributed by atoms with Gasteiger partial charge < -0.3 is 10.6 Å². The van der Waals surface area contributed by atoms with Crippen molar-refractivity contribution in [3.05, 3.63) is 18.3 Å². The molecule has 0 spiro atoms. The highest BCUT2D eigenvalue weighted by atomic mass is 35.5. The van der Waals surface area contributed by atoms with Crippen molar-refractivity contribution < 1.29 is 0 Å². The molecule has 2 N–H and O–H groups in total. The minimum absolute atomic E-state index is 0. The fraction of sp³-hybridized carbons (Fsp3) is 0.583. The van der Waals surface area contributed by atoms with Crippen LogP contribution in [0.4, 0.5) is 11.5 Å². The van der Waals surface area contributed by atoms with Gasteiger partial charge in [-0.3, -0.25) is 0 Å². The summed E-state index contributed by atoms with van der Waals surface area (Å²) in [5.74, 6) is 1.06. The van der Waals surface area contributed by atoms with Gasteiger partial charge in [0.1, 0.15) is 5.82 Å². The van der Waals surface area contributed by atoms with E-state index in [4.69, 9.17) is 5.73 Å². The lowest BCUT2D eigenvalue weighted by Gasteiger charge is -2.37. The van der Waals surface area contributed by atoms with E-state index in [-0.39, 0.29) is 24.8 Å². The Bertz CT molecular complexity index is 328. The second-order valence-corrected chi connectivity index (χ2v) is 5.10. The fourth-order valence-electron chi connectivity index (χ4n) is 1.93. The molecule has 5 heteroatoms. The first kappa shape index (κ1) is 16.3. The standard InChI is InChI=1S/C12H19N3.2ClH/c1-12(2)5-7-15(8-6-12)11-4-3-10(13)9-14-11;;/h3-4,9H,5-8,13H2,1-2H3;2*1H. The van der Waals surface area contributed by atoms with E-state index in [0.29, 0.717) is 5.41 Å². The monoisotopic (exact) mass is 277 g/mol. The Kier molecular flexibility index (Phi) is 6.06. The number of hydrogen-bond donors (Lipinski definition) is 1. The van der Waals surface area contributed by atoms with Crippen LogP contribution in [0.3, 0.4) is 0 Å². The summed E-state index contributed by atoms with van der Waals surface area (Å²) in [7, 11) is 0. The maximum atomic E-state index is 5.62. The largest absolute Gasteiger partial charge is 0.397 e. The predicted octanol–water partition coefficient (Wildman–Crippen LogP) is 3.13. The second kappa shape index (κ2) is 6.31. The normalized spacial score (nSPS) is 17.9. The second-order valence-electron chi connectivity index (χ2n) is 5.10. The zero-order valence-electron chi connectivity index (χ0n) is 10.3. The van der Waals surface area contributed by atoms with Gasteiger partial charge in [0.25, 0.3) is 0 Å². The summed E-state index contributed by atoms with van der Waals surface area (Å²) >= 11 is 0. The van der Waals surface area contributed by atoms with Crippen LogP contribution in [0.15, 0.2) is 18.3 Å². The number of nitrogens with zero attached hydrogens (tertiary/aromatic N) is 2. The fourth-order valence-corrected chi connectivity index (χ4v) is 1.93. The Morgan fingerprint density at radius 2 is 1.76 bits per heavy atom. The van der Waals surface area contributed by atoms with Gasteiger partial charge in [0.2, 0.25) is 0 Å². The quantitative estimate of drug-likeness (QED) is 0.858. The highest BCUT2D eigenvalue weighted by Crippen LogP contribution is 2.31. The highest BCUT2D eigenvalue weighted by molar-refractivity contribution is 5.85.